The van der Waals surface area contributed by atoms with Gasteiger partial charge in [0.1, 0.15) is 0 Å². The summed E-state index contributed by atoms with van der Waals surface area (Å²) in [5.74, 6) is 0. The van der Waals surface area contributed by atoms with Crippen LogP contribution < -0.4 is 5.32 Å². The fourth-order valence-corrected chi connectivity index (χ4v) is 3.95. The number of carbonyl (C=O) groups is 1. The molecule has 1 aromatic rings. The van der Waals surface area contributed by atoms with Crippen molar-refractivity contribution in [3.05, 3.63) is 34.3 Å². The Morgan fingerprint density at radius 2 is 2.38 bits per heavy atom. The first-order valence-corrected chi connectivity index (χ1v) is 6.53. The molecular weight excluding hydrogens is 242 g/mol. The van der Waals surface area contributed by atoms with Crippen LogP contribution >= 0.6 is 23.4 Å². The molecule has 0 radical (unpaired) electrons. The number of benzene rings is 1. The molecular formula is C12H12ClNOS. The third-order valence-electron chi connectivity index (χ3n) is 3.45. The summed E-state index contributed by atoms with van der Waals surface area (Å²) in [7, 11) is 0. The van der Waals surface area contributed by atoms with Crippen molar-refractivity contribution in [2.45, 2.75) is 24.1 Å². The molecule has 0 aliphatic carbocycles. The summed E-state index contributed by atoms with van der Waals surface area (Å²) in [6, 6.07) is 6.18. The Morgan fingerprint density at radius 3 is 2.94 bits per heavy atom. The Balaban J connectivity index is 2.04. The standard InChI is InChI=1S/C12H12ClNOS/c1-7-2-3-8(4-9(7)13)12-5-10(14-6-12)11(15)16-12/h2-4,10,14H,5-6H2,1H3. The largest absolute Gasteiger partial charge is 0.305 e. The van der Waals surface area contributed by atoms with Gasteiger partial charge in [-0.3, -0.25) is 4.79 Å². The first kappa shape index (κ1) is 10.6. The van der Waals surface area contributed by atoms with E-state index < -0.39 is 0 Å². The van der Waals surface area contributed by atoms with Crippen LogP contribution in [0.25, 0.3) is 0 Å². The van der Waals surface area contributed by atoms with Crippen molar-refractivity contribution in [2.24, 2.45) is 0 Å². The molecule has 1 aromatic carbocycles. The number of thioether (sulfide) groups is 1. The molecule has 84 valence electrons. The summed E-state index contributed by atoms with van der Waals surface area (Å²) in [6.07, 6.45) is 0.899. The maximum absolute atomic E-state index is 11.6. The maximum atomic E-state index is 11.6. The number of hydrogen-bond donors (Lipinski definition) is 1. The van der Waals surface area contributed by atoms with Gasteiger partial charge in [0, 0.05) is 11.6 Å². The van der Waals surface area contributed by atoms with Crippen molar-refractivity contribution in [2.75, 3.05) is 6.54 Å². The molecule has 2 unspecified atom stereocenters. The molecule has 2 aliphatic heterocycles. The molecule has 2 bridgehead atoms. The summed E-state index contributed by atoms with van der Waals surface area (Å²) in [4.78, 5) is 11.6. The third-order valence-corrected chi connectivity index (χ3v) is 5.28. The smallest absolute Gasteiger partial charge is 0.206 e. The number of nitrogens with one attached hydrogen (secondary N) is 1. The monoisotopic (exact) mass is 253 g/mol. The van der Waals surface area contributed by atoms with Crippen LogP contribution in [0, 0.1) is 6.92 Å². The van der Waals surface area contributed by atoms with Crippen molar-refractivity contribution >= 4 is 28.5 Å². The minimum Gasteiger partial charge on any atom is -0.305 e. The van der Waals surface area contributed by atoms with E-state index >= 15 is 0 Å². The van der Waals surface area contributed by atoms with Gasteiger partial charge in [0.15, 0.2) is 0 Å². The van der Waals surface area contributed by atoms with Gasteiger partial charge in [-0.2, -0.15) is 0 Å². The van der Waals surface area contributed by atoms with Crippen LogP contribution in [0.1, 0.15) is 17.5 Å². The molecule has 0 aromatic heterocycles. The second-order valence-corrected chi connectivity index (χ2v) is 6.31. The Bertz CT molecular complexity index is 476. The van der Waals surface area contributed by atoms with Crippen LogP contribution in [0.5, 0.6) is 0 Å². The van der Waals surface area contributed by atoms with Crippen LogP contribution in [0.4, 0.5) is 0 Å². The zero-order valence-corrected chi connectivity index (χ0v) is 10.5. The Kier molecular flexibility index (Phi) is 2.32. The third kappa shape index (κ3) is 1.42. The topological polar surface area (TPSA) is 29.1 Å². The molecule has 0 saturated carbocycles. The Hall–Kier alpha value is -0.510. The second-order valence-electron chi connectivity index (χ2n) is 4.52. The second kappa shape index (κ2) is 3.49. The lowest BCUT2D eigenvalue weighted by molar-refractivity contribution is -0.112. The number of fused-ring (bicyclic) bond motifs is 2. The molecule has 16 heavy (non-hydrogen) atoms. The quantitative estimate of drug-likeness (QED) is 0.834. The first-order valence-electron chi connectivity index (χ1n) is 5.34. The minimum absolute atomic E-state index is 0.0464. The Morgan fingerprint density at radius 1 is 1.56 bits per heavy atom. The summed E-state index contributed by atoms with van der Waals surface area (Å²) in [6.45, 7) is 2.86. The van der Waals surface area contributed by atoms with E-state index in [2.05, 4.69) is 11.4 Å². The fraction of sp³-hybridized carbons (Fsp3) is 0.417. The van der Waals surface area contributed by atoms with Gasteiger partial charge >= 0.3 is 0 Å². The zero-order valence-electron chi connectivity index (χ0n) is 8.92. The minimum atomic E-state index is -0.0703. The molecule has 2 heterocycles. The number of aryl methyl sites for hydroxylation is 1. The summed E-state index contributed by atoms with van der Waals surface area (Å²) in [5, 5.41) is 4.32. The van der Waals surface area contributed by atoms with Crippen molar-refractivity contribution in [1.29, 1.82) is 0 Å². The van der Waals surface area contributed by atoms with Gasteiger partial charge in [0.25, 0.3) is 0 Å². The molecule has 1 N–H and O–H groups in total. The fourth-order valence-electron chi connectivity index (χ4n) is 2.43. The van der Waals surface area contributed by atoms with Gasteiger partial charge in [-0.05, 0) is 30.5 Å². The van der Waals surface area contributed by atoms with Crippen molar-refractivity contribution < 1.29 is 4.79 Å². The molecule has 2 saturated heterocycles. The molecule has 2 nitrogen and oxygen atoms in total. The maximum Gasteiger partial charge on any atom is 0.206 e. The van der Waals surface area contributed by atoms with Crippen molar-refractivity contribution in [1.82, 2.24) is 5.32 Å². The van der Waals surface area contributed by atoms with E-state index in [1.807, 2.05) is 19.1 Å². The normalized spacial score (nSPS) is 32.4. The van der Waals surface area contributed by atoms with Gasteiger partial charge in [0.2, 0.25) is 5.12 Å². The van der Waals surface area contributed by atoms with Crippen molar-refractivity contribution in [3.63, 3.8) is 0 Å². The average Bonchev–Trinajstić information content (AvgIpc) is 2.80. The average molecular weight is 254 g/mol. The number of halogens is 1. The van der Waals surface area contributed by atoms with Gasteiger partial charge in [-0.25, -0.2) is 0 Å². The van der Waals surface area contributed by atoms with Crippen LogP contribution in [0.2, 0.25) is 5.02 Å². The summed E-state index contributed by atoms with van der Waals surface area (Å²) < 4.78 is -0.0703. The SMILES string of the molecule is Cc1ccc(C23CNC(C2)C(=O)S3)cc1Cl. The lowest BCUT2D eigenvalue weighted by Crippen LogP contribution is -2.34. The van der Waals surface area contributed by atoms with Crippen LogP contribution in [-0.4, -0.2) is 17.7 Å². The Labute approximate surface area is 104 Å². The molecule has 3 rings (SSSR count). The molecule has 4 heteroatoms. The van der Waals surface area contributed by atoms with E-state index in [1.54, 1.807) is 0 Å². The van der Waals surface area contributed by atoms with Gasteiger partial charge < -0.3 is 5.32 Å². The molecule has 2 aliphatic rings. The van der Waals surface area contributed by atoms with E-state index in [4.69, 9.17) is 11.6 Å². The lowest BCUT2D eigenvalue weighted by Gasteiger charge is -2.25. The number of rotatable bonds is 1. The van der Waals surface area contributed by atoms with E-state index in [0.717, 1.165) is 23.6 Å². The highest BCUT2D eigenvalue weighted by Gasteiger charge is 2.52. The van der Waals surface area contributed by atoms with E-state index in [0.29, 0.717) is 0 Å². The van der Waals surface area contributed by atoms with E-state index in [1.165, 1.54) is 17.3 Å². The van der Waals surface area contributed by atoms with Gasteiger partial charge in [-0.1, -0.05) is 35.5 Å². The lowest BCUT2D eigenvalue weighted by atomic mass is 9.95. The summed E-state index contributed by atoms with van der Waals surface area (Å²) >= 11 is 7.62. The molecule has 0 amide bonds. The van der Waals surface area contributed by atoms with Crippen LogP contribution in [-0.2, 0) is 9.54 Å². The van der Waals surface area contributed by atoms with Crippen LogP contribution in [0.15, 0.2) is 18.2 Å². The van der Waals surface area contributed by atoms with Crippen molar-refractivity contribution in [3.8, 4) is 0 Å². The number of carbonyl (C=O) groups excluding carboxylic acids is 1. The predicted octanol–water partition coefficient (Wildman–Crippen LogP) is 2.48. The highest BCUT2D eigenvalue weighted by atomic mass is 35.5. The number of hydrogen-bond acceptors (Lipinski definition) is 3. The predicted molar refractivity (Wildman–Crippen MR) is 66.9 cm³/mol. The highest BCUT2D eigenvalue weighted by Crippen LogP contribution is 2.51. The van der Waals surface area contributed by atoms with E-state index in [-0.39, 0.29) is 15.9 Å². The molecule has 0 spiro atoms. The molecule has 2 atom stereocenters. The van der Waals surface area contributed by atoms with Gasteiger partial charge in [0.05, 0.1) is 10.8 Å². The highest BCUT2D eigenvalue weighted by molar-refractivity contribution is 8.15. The first-order chi connectivity index (χ1) is 7.61. The van der Waals surface area contributed by atoms with E-state index in [9.17, 15) is 4.79 Å². The zero-order chi connectivity index (χ0) is 11.3. The van der Waals surface area contributed by atoms with Gasteiger partial charge in [-0.15, -0.1) is 0 Å². The summed E-state index contributed by atoms with van der Waals surface area (Å²) in [5.41, 5.74) is 2.26. The van der Waals surface area contributed by atoms with Crippen LogP contribution in [0.3, 0.4) is 0 Å². The molecule has 2 fully saturated rings.